The van der Waals surface area contributed by atoms with Gasteiger partial charge in [0.05, 0.1) is 0 Å². The molecular weight excluding hydrogens is 124 g/mol. The van der Waals surface area contributed by atoms with E-state index in [1.807, 2.05) is 0 Å². The molecule has 0 aliphatic rings. The molecule has 0 saturated carbocycles. The highest BCUT2D eigenvalue weighted by Crippen LogP contribution is 2.01. The molecular formula is C5H13ClSi. The molecule has 44 valence electrons. The minimum Gasteiger partial charge on any atom is -0.127 e. The maximum atomic E-state index is 5.83. The lowest BCUT2D eigenvalue weighted by atomic mass is 10.4. The van der Waals surface area contributed by atoms with E-state index in [9.17, 15) is 0 Å². The lowest BCUT2D eigenvalue weighted by molar-refractivity contribution is 0.854. The van der Waals surface area contributed by atoms with Crippen LogP contribution in [-0.2, 0) is 0 Å². The van der Waals surface area contributed by atoms with Gasteiger partial charge in [-0.2, -0.15) is 0 Å². The van der Waals surface area contributed by atoms with Crippen molar-refractivity contribution in [2.75, 3.05) is 0 Å². The first kappa shape index (κ1) is 7.51. The molecule has 1 atom stereocenters. The Hall–Kier alpha value is 0.507. The summed E-state index contributed by atoms with van der Waals surface area (Å²) in [5.74, 6) is 0. The molecule has 2 heteroatoms. The summed E-state index contributed by atoms with van der Waals surface area (Å²) < 4.78 is 0. The van der Waals surface area contributed by atoms with Crippen LogP contribution in [0.3, 0.4) is 0 Å². The third-order valence-corrected chi connectivity index (χ3v) is 3.48. The summed E-state index contributed by atoms with van der Waals surface area (Å²) in [6, 6.07) is 0. The van der Waals surface area contributed by atoms with Gasteiger partial charge in [0.25, 0.3) is 0 Å². The summed E-state index contributed by atoms with van der Waals surface area (Å²) in [5, 5.41) is 0.560. The van der Waals surface area contributed by atoms with E-state index in [1.165, 1.54) is 12.8 Å². The Kier molecular flexibility index (Phi) is 5.00. The Bertz CT molecular complexity index is 39.1. The molecule has 0 N–H and O–H groups in total. The van der Waals surface area contributed by atoms with E-state index < -0.39 is 0 Å². The predicted octanol–water partition coefficient (Wildman–Crippen LogP) is 1.57. The molecule has 0 aromatic heterocycles. The van der Waals surface area contributed by atoms with E-state index in [2.05, 4.69) is 13.5 Å². The molecule has 0 amide bonds. The molecule has 0 rings (SSSR count). The van der Waals surface area contributed by atoms with Crippen LogP contribution in [0.15, 0.2) is 0 Å². The molecule has 0 aliphatic carbocycles. The van der Waals surface area contributed by atoms with E-state index in [-0.39, 0.29) is 9.52 Å². The zero-order valence-corrected chi connectivity index (χ0v) is 7.25. The highest BCUT2D eigenvalue weighted by atomic mass is 35.5. The largest absolute Gasteiger partial charge is 0.127 e. The molecule has 0 nitrogen and oxygen atoms in total. The normalized spacial score (nSPS) is 15.9. The van der Waals surface area contributed by atoms with Crippen LogP contribution < -0.4 is 0 Å². The highest BCUT2D eigenvalue weighted by Gasteiger charge is 1.96. The van der Waals surface area contributed by atoms with E-state index in [0.717, 1.165) is 0 Å². The van der Waals surface area contributed by atoms with Gasteiger partial charge in [-0.25, -0.2) is 0 Å². The van der Waals surface area contributed by atoms with Crippen molar-refractivity contribution < 1.29 is 0 Å². The number of hydrogen-bond donors (Lipinski definition) is 0. The smallest absolute Gasteiger partial charge is 0.0387 e. The third kappa shape index (κ3) is 4.36. The van der Waals surface area contributed by atoms with Gasteiger partial charge in [0, 0.05) is 14.5 Å². The van der Waals surface area contributed by atoms with Gasteiger partial charge in [0.2, 0.25) is 0 Å². The van der Waals surface area contributed by atoms with Crippen LogP contribution in [0.25, 0.3) is 0 Å². The van der Waals surface area contributed by atoms with Crippen LogP contribution >= 0.6 is 11.6 Å². The van der Waals surface area contributed by atoms with Gasteiger partial charge in [0.15, 0.2) is 0 Å². The summed E-state index contributed by atoms with van der Waals surface area (Å²) in [5.41, 5.74) is 0. The van der Waals surface area contributed by atoms with Gasteiger partial charge < -0.3 is 0 Å². The van der Waals surface area contributed by atoms with E-state index in [0.29, 0.717) is 5.00 Å². The standard InChI is InChI=1S/C5H13ClSi/c1-3-4-5(6)7-2/h5H,3-4,7H2,1-2H3. The Balaban J connectivity index is 2.83. The molecule has 1 unspecified atom stereocenters. The minimum atomic E-state index is 0.0928. The predicted molar refractivity (Wildman–Crippen MR) is 39.0 cm³/mol. The Morgan fingerprint density at radius 3 is 2.43 bits per heavy atom. The fourth-order valence-corrected chi connectivity index (χ4v) is 1.55. The molecule has 0 saturated heterocycles. The second-order valence-corrected chi connectivity index (χ2v) is 4.73. The first-order valence-corrected chi connectivity index (χ1v) is 5.62. The van der Waals surface area contributed by atoms with Crippen LogP contribution in [0, 0.1) is 0 Å². The van der Waals surface area contributed by atoms with Gasteiger partial charge in [-0.15, -0.1) is 11.6 Å². The molecule has 0 aromatic carbocycles. The van der Waals surface area contributed by atoms with Crippen molar-refractivity contribution >= 4 is 21.1 Å². The van der Waals surface area contributed by atoms with Crippen LogP contribution in [0.5, 0.6) is 0 Å². The van der Waals surface area contributed by atoms with Crippen molar-refractivity contribution in [2.24, 2.45) is 0 Å². The summed E-state index contributed by atoms with van der Waals surface area (Å²) in [6.45, 7) is 4.44. The molecule has 0 fully saturated rings. The summed E-state index contributed by atoms with van der Waals surface area (Å²) in [7, 11) is 0.0928. The van der Waals surface area contributed by atoms with Crippen molar-refractivity contribution in [1.29, 1.82) is 0 Å². The first-order chi connectivity index (χ1) is 3.31. The number of halogens is 1. The molecule has 0 radical (unpaired) electrons. The van der Waals surface area contributed by atoms with Crippen LogP contribution in [0.1, 0.15) is 19.8 Å². The van der Waals surface area contributed by atoms with E-state index in [1.54, 1.807) is 0 Å². The Morgan fingerprint density at radius 1 is 1.71 bits per heavy atom. The average Bonchev–Trinajstić information content (AvgIpc) is 1.68. The highest BCUT2D eigenvalue weighted by molar-refractivity contribution is 6.52. The van der Waals surface area contributed by atoms with E-state index in [4.69, 9.17) is 11.6 Å². The molecule has 7 heavy (non-hydrogen) atoms. The van der Waals surface area contributed by atoms with Crippen LogP contribution in [0.4, 0.5) is 0 Å². The average molecular weight is 137 g/mol. The fourth-order valence-electron chi connectivity index (χ4n) is 0.517. The molecule has 0 aliphatic heterocycles. The van der Waals surface area contributed by atoms with Crippen molar-refractivity contribution in [3.05, 3.63) is 0 Å². The van der Waals surface area contributed by atoms with Crippen molar-refractivity contribution in [1.82, 2.24) is 0 Å². The molecule has 0 heterocycles. The topological polar surface area (TPSA) is 0 Å². The van der Waals surface area contributed by atoms with Crippen molar-refractivity contribution in [3.8, 4) is 0 Å². The molecule has 0 bridgehead atoms. The first-order valence-electron chi connectivity index (χ1n) is 2.95. The lowest BCUT2D eigenvalue weighted by Gasteiger charge is -1.99. The summed E-state index contributed by atoms with van der Waals surface area (Å²) >= 11 is 5.83. The maximum absolute atomic E-state index is 5.83. The monoisotopic (exact) mass is 136 g/mol. The lowest BCUT2D eigenvalue weighted by Crippen LogP contribution is -2.03. The number of alkyl halides is 1. The van der Waals surface area contributed by atoms with Gasteiger partial charge >= 0.3 is 0 Å². The van der Waals surface area contributed by atoms with Gasteiger partial charge in [-0.1, -0.05) is 19.9 Å². The van der Waals surface area contributed by atoms with Gasteiger partial charge in [-0.05, 0) is 6.42 Å². The molecule has 0 spiro atoms. The van der Waals surface area contributed by atoms with Crippen LogP contribution in [0.2, 0.25) is 6.55 Å². The van der Waals surface area contributed by atoms with Crippen LogP contribution in [-0.4, -0.2) is 14.5 Å². The summed E-state index contributed by atoms with van der Waals surface area (Å²) in [4.78, 5) is 0. The second kappa shape index (κ2) is 4.66. The van der Waals surface area contributed by atoms with Crippen molar-refractivity contribution in [3.63, 3.8) is 0 Å². The minimum absolute atomic E-state index is 0.0928. The third-order valence-electron chi connectivity index (χ3n) is 1.04. The summed E-state index contributed by atoms with van der Waals surface area (Å²) in [6.07, 6.45) is 2.47. The fraction of sp³-hybridized carbons (Fsp3) is 1.00. The Labute approximate surface area is 53.1 Å². The quantitative estimate of drug-likeness (QED) is 0.408. The number of hydrogen-bond acceptors (Lipinski definition) is 0. The maximum Gasteiger partial charge on any atom is 0.0387 e. The SMILES string of the molecule is CCCC(Cl)[SiH2]C. The van der Waals surface area contributed by atoms with Gasteiger partial charge in [0.1, 0.15) is 0 Å². The van der Waals surface area contributed by atoms with Crippen molar-refractivity contribution in [2.45, 2.75) is 31.3 Å². The Morgan fingerprint density at radius 2 is 2.29 bits per heavy atom. The molecule has 0 aromatic rings. The van der Waals surface area contributed by atoms with E-state index >= 15 is 0 Å². The zero-order chi connectivity index (χ0) is 5.70. The number of rotatable bonds is 3. The van der Waals surface area contributed by atoms with Gasteiger partial charge in [-0.3, -0.25) is 0 Å². The second-order valence-electron chi connectivity index (χ2n) is 1.79. The zero-order valence-electron chi connectivity index (χ0n) is 5.08.